The molecule has 0 bridgehead atoms. The normalized spacial score (nSPS) is 17.2. The largest absolute Gasteiger partial charge is 0.478 e. The van der Waals surface area contributed by atoms with E-state index in [1.807, 2.05) is 18.2 Å². The van der Waals surface area contributed by atoms with Crippen molar-refractivity contribution in [3.8, 4) is 0 Å². The molecule has 1 aliphatic rings. The van der Waals surface area contributed by atoms with Gasteiger partial charge in [-0.1, -0.05) is 18.2 Å². The Balaban J connectivity index is 2.04. The van der Waals surface area contributed by atoms with Gasteiger partial charge in [-0.05, 0) is 56.6 Å². The fourth-order valence-electron chi connectivity index (χ4n) is 2.87. The van der Waals surface area contributed by atoms with Crippen LogP contribution in [0.25, 0.3) is 6.08 Å². The molecule has 114 valence electrons. The lowest BCUT2D eigenvalue weighted by Gasteiger charge is -2.33. The van der Waals surface area contributed by atoms with E-state index < -0.39 is 5.97 Å². The molecule has 1 aromatic rings. The van der Waals surface area contributed by atoms with Gasteiger partial charge in [-0.3, -0.25) is 0 Å². The molecule has 0 aliphatic carbocycles. The highest BCUT2D eigenvalue weighted by molar-refractivity contribution is 5.86. The van der Waals surface area contributed by atoms with Crippen LogP contribution in [-0.4, -0.2) is 49.7 Å². The second-order valence-corrected chi connectivity index (χ2v) is 5.86. The summed E-state index contributed by atoms with van der Waals surface area (Å²) in [5.74, 6) is -0.203. The number of likely N-dealkylation sites (tertiary alicyclic amines) is 1. The Morgan fingerprint density at radius 3 is 2.71 bits per heavy atom. The second kappa shape index (κ2) is 7.27. The summed E-state index contributed by atoms with van der Waals surface area (Å²) in [7, 11) is 4.26. The van der Waals surface area contributed by atoms with Crippen molar-refractivity contribution in [2.24, 2.45) is 5.92 Å². The lowest BCUT2D eigenvalue weighted by Crippen LogP contribution is -2.35. The van der Waals surface area contributed by atoms with Crippen LogP contribution in [0.5, 0.6) is 0 Å². The standard InChI is InChI=1S/C17H24N2O2/c1-18-11-9-14(10-12-18)13-19(2)16-6-4-3-5-15(16)7-8-17(20)21/h3-8,14H,9-13H2,1-2H3,(H,20,21). The molecule has 0 amide bonds. The van der Waals surface area contributed by atoms with Gasteiger partial charge in [-0.25, -0.2) is 4.79 Å². The van der Waals surface area contributed by atoms with Crippen molar-refractivity contribution < 1.29 is 9.90 Å². The van der Waals surface area contributed by atoms with E-state index in [-0.39, 0.29) is 0 Å². The molecule has 0 atom stereocenters. The number of piperidine rings is 1. The lowest BCUT2D eigenvalue weighted by molar-refractivity contribution is -0.131. The van der Waals surface area contributed by atoms with Crippen LogP contribution in [0.2, 0.25) is 0 Å². The third-order valence-corrected chi connectivity index (χ3v) is 4.12. The molecule has 0 saturated carbocycles. The minimum absolute atomic E-state index is 0.711. The topological polar surface area (TPSA) is 43.8 Å². The number of benzene rings is 1. The molecule has 1 aliphatic heterocycles. The van der Waals surface area contributed by atoms with Crippen LogP contribution in [-0.2, 0) is 4.79 Å². The third-order valence-electron chi connectivity index (χ3n) is 4.12. The zero-order chi connectivity index (χ0) is 15.2. The molecule has 1 N–H and O–H groups in total. The van der Waals surface area contributed by atoms with Crippen molar-refractivity contribution >= 4 is 17.7 Å². The molecule has 0 aromatic heterocycles. The molecular weight excluding hydrogens is 264 g/mol. The van der Waals surface area contributed by atoms with Crippen molar-refractivity contribution in [3.63, 3.8) is 0 Å². The average Bonchev–Trinajstić information content (AvgIpc) is 2.47. The Hall–Kier alpha value is -1.81. The van der Waals surface area contributed by atoms with Crippen molar-refractivity contribution in [3.05, 3.63) is 35.9 Å². The second-order valence-electron chi connectivity index (χ2n) is 5.86. The van der Waals surface area contributed by atoms with E-state index in [1.54, 1.807) is 6.08 Å². The molecule has 0 radical (unpaired) electrons. The third kappa shape index (κ3) is 4.60. The zero-order valence-electron chi connectivity index (χ0n) is 12.8. The van der Waals surface area contributed by atoms with Gasteiger partial charge in [0.15, 0.2) is 0 Å². The van der Waals surface area contributed by atoms with Crippen LogP contribution in [0.3, 0.4) is 0 Å². The number of aliphatic carboxylic acids is 1. The van der Waals surface area contributed by atoms with Gasteiger partial charge in [0, 0.05) is 25.4 Å². The summed E-state index contributed by atoms with van der Waals surface area (Å²) in [5, 5.41) is 8.79. The van der Waals surface area contributed by atoms with Crippen molar-refractivity contribution in [2.75, 3.05) is 38.6 Å². The van der Waals surface area contributed by atoms with Gasteiger partial charge in [0.1, 0.15) is 0 Å². The number of hydrogen-bond acceptors (Lipinski definition) is 3. The summed E-state index contributed by atoms with van der Waals surface area (Å²) < 4.78 is 0. The Morgan fingerprint density at radius 2 is 2.05 bits per heavy atom. The maximum absolute atomic E-state index is 10.7. The molecule has 4 heteroatoms. The number of hydrogen-bond donors (Lipinski definition) is 1. The summed E-state index contributed by atoms with van der Waals surface area (Å²) in [6.07, 6.45) is 5.33. The lowest BCUT2D eigenvalue weighted by atomic mass is 9.96. The van der Waals surface area contributed by atoms with E-state index in [4.69, 9.17) is 5.11 Å². The number of para-hydroxylation sites is 1. The van der Waals surface area contributed by atoms with E-state index >= 15 is 0 Å². The summed E-state index contributed by atoms with van der Waals surface area (Å²) in [4.78, 5) is 15.3. The highest BCUT2D eigenvalue weighted by Crippen LogP contribution is 2.24. The summed E-state index contributed by atoms with van der Waals surface area (Å²) in [5.41, 5.74) is 2.05. The highest BCUT2D eigenvalue weighted by atomic mass is 16.4. The van der Waals surface area contributed by atoms with E-state index in [0.29, 0.717) is 5.92 Å². The van der Waals surface area contributed by atoms with Crippen molar-refractivity contribution in [1.29, 1.82) is 0 Å². The van der Waals surface area contributed by atoms with Crippen LogP contribution in [0.1, 0.15) is 18.4 Å². The van der Waals surface area contributed by atoms with Gasteiger partial charge < -0.3 is 14.9 Å². The average molecular weight is 288 g/mol. The minimum Gasteiger partial charge on any atom is -0.478 e. The van der Waals surface area contributed by atoms with Gasteiger partial charge in [0.25, 0.3) is 0 Å². The molecule has 21 heavy (non-hydrogen) atoms. The Kier molecular flexibility index (Phi) is 5.39. The number of carbonyl (C=O) groups is 1. The Morgan fingerprint density at radius 1 is 1.38 bits per heavy atom. The quantitative estimate of drug-likeness (QED) is 0.846. The molecule has 4 nitrogen and oxygen atoms in total. The molecule has 1 saturated heterocycles. The van der Waals surface area contributed by atoms with Crippen LogP contribution >= 0.6 is 0 Å². The summed E-state index contributed by atoms with van der Waals surface area (Å²) in [6, 6.07) is 7.95. The first-order valence-electron chi connectivity index (χ1n) is 7.46. The predicted molar refractivity (Wildman–Crippen MR) is 86.6 cm³/mol. The fraction of sp³-hybridized carbons (Fsp3) is 0.471. The van der Waals surface area contributed by atoms with E-state index in [9.17, 15) is 4.79 Å². The minimum atomic E-state index is -0.914. The smallest absolute Gasteiger partial charge is 0.328 e. The maximum Gasteiger partial charge on any atom is 0.328 e. The van der Waals surface area contributed by atoms with Gasteiger partial charge in [0.2, 0.25) is 0 Å². The van der Waals surface area contributed by atoms with Crippen LogP contribution in [0.15, 0.2) is 30.3 Å². The molecule has 1 fully saturated rings. The molecular formula is C17H24N2O2. The van der Waals surface area contributed by atoms with E-state index in [1.165, 1.54) is 32.0 Å². The Bertz CT molecular complexity index is 505. The molecule has 1 aromatic carbocycles. The van der Waals surface area contributed by atoms with Crippen molar-refractivity contribution in [2.45, 2.75) is 12.8 Å². The van der Waals surface area contributed by atoms with Gasteiger partial charge in [0.05, 0.1) is 0 Å². The number of anilines is 1. The summed E-state index contributed by atoms with van der Waals surface area (Å²) >= 11 is 0. The first-order valence-corrected chi connectivity index (χ1v) is 7.46. The van der Waals surface area contributed by atoms with E-state index in [2.05, 4.69) is 30.0 Å². The Labute approximate surface area is 126 Å². The monoisotopic (exact) mass is 288 g/mol. The molecule has 0 spiro atoms. The summed E-state index contributed by atoms with van der Waals surface area (Å²) in [6.45, 7) is 3.35. The zero-order valence-corrected chi connectivity index (χ0v) is 12.8. The first-order chi connectivity index (χ1) is 10.1. The number of rotatable bonds is 5. The number of carboxylic acid groups (broad SMARTS) is 1. The van der Waals surface area contributed by atoms with Crippen molar-refractivity contribution in [1.82, 2.24) is 4.90 Å². The van der Waals surface area contributed by atoms with Crippen LogP contribution in [0, 0.1) is 5.92 Å². The van der Waals surface area contributed by atoms with Gasteiger partial charge in [-0.15, -0.1) is 0 Å². The first kappa shape index (κ1) is 15.6. The highest BCUT2D eigenvalue weighted by Gasteiger charge is 2.18. The number of carboxylic acids is 1. The maximum atomic E-state index is 10.7. The molecule has 1 heterocycles. The SMILES string of the molecule is CN1CCC(CN(C)c2ccccc2C=CC(=O)O)CC1. The van der Waals surface area contributed by atoms with Gasteiger partial charge >= 0.3 is 5.97 Å². The molecule has 0 unspecified atom stereocenters. The van der Waals surface area contributed by atoms with Crippen LogP contribution < -0.4 is 4.90 Å². The van der Waals surface area contributed by atoms with E-state index in [0.717, 1.165) is 17.8 Å². The molecule has 2 rings (SSSR count). The van der Waals surface area contributed by atoms with Crippen LogP contribution in [0.4, 0.5) is 5.69 Å². The fourth-order valence-corrected chi connectivity index (χ4v) is 2.87. The predicted octanol–water partition coefficient (Wildman–Crippen LogP) is 2.56. The number of nitrogens with zero attached hydrogens (tertiary/aromatic N) is 2. The van der Waals surface area contributed by atoms with Gasteiger partial charge in [-0.2, -0.15) is 0 Å².